The van der Waals surface area contributed by atoms with Crippen molar-refractivity contribution in [2.24, 2.45) is 4.99 Å². The molecule has 0 aliphatic heterocycles. The van der Waals surface area contributed by atoms with Crippen LogP contribution in [0.25, 0.3) is 0 Å². The summed E-state index contributed by atoms with van der Waals surface area (Å²) in [6.07, 6.45) is -3.51. The number of carbonyl (C=O) groups excluding carboxylic acids is 1. The summed E-state index contributed by atoms with van der Waals surface area (Å²) in [5, 5.41) is 9.02. The quantitative estimate of drug-likeness (QED) is 0.267. The van der Waals surface area contributed by atoms with Crippen molar-refractivity contribution in [2.45, 2.75) is 45.6 Å². The van der Waals surface area contributed by atoms with Gasteiger partial charge < -0.3 is 16.0 Å². The second-order valence-electron chi connectivity index (χ2n) is 6.96. The van der Waals surface area contributed by atoms with Crippen LogP contribution in [0.4, 0.5) is 13.2 Å². The van der Waals surface area contributed by atoms with Gasteiger partial charge in [-0.25, -0.2) is 0 Å². The molecule has 31 heavy (non-hydrogen) atoms. The van der Waals surface area contributed by atoms with E-state index in [1.54, 1.807) is 25.2 Å². The molecule has 2 rings (SSSR count). The van der Waals surface area contributed by atoms with Gasteiger partial charge in [0.05, 0.1) is 5.56 Å². The maximum absolute atomic E-state index is 12.8. The number of hydrogen-bond donors (Lipinski definition) is 3. The van der Waals surface area contributed by atoms with Gasteiger partial charge in [-0.15, -0.1) is 24.0 Å². The van der Waals surface area contributed by atoms with E-state index in [4.69, 9.17) is 0 Å². The Bertz CT molecular complexity index is 870. The summed E-state index contributed by atoms with van der Waals surface area (Å²) in [5.74, 6) is 0.355. The maximum Gasteiger partial charge on any atom is 0.416 e. The van der Waals surface area contributed by atoms with Crippen molar-refractivity contribution < 1.29 is 18.0 Å². The number of amides is 1. The molecule has 0 aliphatic rings. The first-order valence-corrected chi connectivity index (χ1v) is 9.73. The highest BCUT2D eigenvalue weighted by molar-refractivity contribution is 14.0. The summed E-state index contributed by atoms with van der Waals surface area (Å²) >= 11 is 0. The minimum absolute atomic E-state index is 0. The number of nitrogens with zero attached hydrogens (tertiary/aromatic N) is 1. The number of benzene rings is 2. The molecule has 3 N–H and O–H groups in total. The van der Waals surface area contributed by atoms with Crippen LogP contribution >= 0.6 is 24.0 Å². The summed E-state index contributed by atoms with van der Waals surface area (Å²) in [6, 6.07) is 12.5. The lowest BCUT2D eigenvalue weighted by molar-refractivity contribution is -0.137. The number of nitrogens with one attached hydrogen (secondary N) is 3. The zero-order valence-electron chi connectivity index (χ0n) is 17.7. The van der Waals surface area contributed by atoms with Crippen LogP contribution in [0.3, 0.4) is 0 Å². The van der Waals surface area contributed by atoms with Gasteiger partial charge in [0.25, 0.3) is 5.91 Å². The van der Waals surface area contributed by atoms with Crippen LogP contribution in [0.15, 0.2) is 53.5 Å². The normalized spacial score (nSPS) is 12.5. The Labute approximate surface area is 197 Å². The van der Waals surface area contributed by atoms with E-state index in [9.17, 15) is 18.0 Å². The summed E-state index contributed by atoms with van der Waals surface area (Å²) in [4.78, 5) is 16.2. The first-order chi connectivity index (χ1) is 14.2. The molecule has 0 aliphatic carbocycles. The topological polar surface area (TPSA) is 65.5 Å². The maximum atomic E-state index is 12.8. The molecule has 9 heteroatoms. The summed E-state index contributed by atoms with van der Waals surface area (Å²) in [7, 11) is 1.59. The molecule has 1 atom stereocenters. The molecule has 0 spiro atoms. The number of guanidine groups is 1. The van der Waals surface area contributed by atoms with E-state index in [0.29, 0.717) is 23.6 Å². The van der Waals surface area contributed by atoms with Gasteiger partial charge >= 0.3 is 6.18 Å². The molecule has 170 valence electrons. The van der Waals surface area contributed by atoms with E-state index in [1.165, 1.54) is 6.07 Å². The zero-order chi connectivity index (χ0) is 22.1. The molecular formula is C22H28F3IN4O. The average Bonchev–Trinajstić information content (AvgIpc) is 2.73. The standard InChI is InChI=1S/C22H27F3N4O.HI/c1-4-15(2)29-20(30)18-10-8-16(9-11-18)13-27-21(26-3)28-14-17-6-5-7-19(12-17)22(23,24)25;/h5-12,15H,4,13-14H2,1-3H3,(H,29,30)(H2,26,27,28);1H. The third-order valence-corrected chi connectivity index (χ3v) is 4.60. The van der Waals surface area contributed by atoms with Crippen LogP contribution in [0, 0.1) is 0 Å². The Morgan fingerprint density at radius 1 is 1.03 bits per heavy atom. The highest BCUT2D eigenvalue weighted by atomic mass is 127. The third-order valence-electron chi connectivity index (χ3n) is 4.60. The SMILES string of the molecule is CCC(C)NC(=O)c1ccc(CNC(=NC)NCc2cccc(C(F)(F)F)c2)cc1.I. The molecule has 0 radical (unpaired) electrons. The van der Waals surface area contributed by atoms with Crippen LogP contribution in [0.1, 0.15) is 47.3 Å². The van der Waals surface area contributed by atoms with Gasteiger partial charge in [0, 0.05) is 31.7 Å². The first kappa shape index (κ1) is 26.7. The van der Waals surface area contributed by atoms with Gasteiger partial charge in [0.2, 0.25) is 0 Å². The molecule has 0 aromatic heterocycles. The fourth-order valence-corrected chi connectivity index (χ4v) is 2.63. The van der Waals surface area contributed by atoms with Crippen LogP contribution in [0.2, 0.25) is 0 Å². The van der Waals surface area contributed by atoms with Gasteiger partial charge in [0.1, 0.15) is 0 Å². The van der Waals surface area contributed by atoms with Crippen LogP contribution in [-0.2, 0) is 19.3 Å². The molecule has 1 amide bonds. The largest absolute Gasteiger partial charge is 0.416 e. The van der Waals surface area contributed by atoms with E-state index < -0.39 is 11.7 Å². The Morgan fingerprint density at radius 2 is 1.65 bits per heavy atom. The second-order valence-corrected chi connectivity index (χ2v) is 6.96. The Morgan fingerprint density at radius 3 is 2.19 bits per heavy atom. The van der Waals surface area contributed by atoms with Crippen molar-refractivity contribution >= 4 is 35.8 Å². The number of rotatable bonds is 7. The molecule has 0 saturated heterocycles. The van der Waals surface area contributed by atoms with Gasteiger partial charge in [-0.1, -0.05) is 31.2 Å². The van der Waals surface area contributed by atoms with Crippen LogP contribution in [-0.4, -0.2) is 25.0 Å². The predicted molar refractivity (Wildman–Crippen MR) is 128 cm³/mol. The minimum Gasteiger partial charge on any atom is -0.352 e. The Hall–Kier alpha value is -2.30. The smallest absolute Gasteiger partial charge is 0.352 e. The predicted octanol–water partition coefficient (Wildman–Crippen LogP) is 4.72. The number of carbonyl (C=O) groups is 1. The molecule has 0 heterocycles. The highest BCUT2D eigenvalue weighted by Gasteiger charge is 2.30. The Balaban J connectivity index is 0.00000480. The third kappa shape index (κ3) is 8.76. The van der Waals surface area contributed by atoms with Crippen molar-refractivity contribution in [3.63, 3.8) is 0 Å². The van der Waals surface area contributed by atoms with Gasteiger partial charge in [-0.05, 0) is 48.7 Å². The van der Waals surface area contributed by atoms with E-state index in [0.717, 1.165) is 24.1 Å². The number of aliphatic imine (C=N–C) groups is 1. The number of alkyl halides is 3. The first-order valence-electron chi connectivity index (χ1n) is 9.73. The molecule has 0 saturated carbocycles. The Kier molecular flexibility index (Phi) is 10.8. The van der Waals surface area contributed by atoms with Crippen molar-refractivity contribution in [2.75, 3.05) is 7.05 Å². The van der Waals surface area contributed by atoms with E-state index in [2.05, 4.69) is 20.9 Å². The average molecular weight is 548 g/mol. The zero-order valence-corrected chi connectivity index (χ0v) is 20.0. The van der Waals surface area contributed by atoms with Crippen molar-refractivity contribution in [1.82, 2.24) is 16.0 Å². The molecule has 5 nitrogen and oxygen atoms in total. The van der Waals surface area contributed by atoms with Crippen LogP contribution in [0.5, 0.6) is 0 Å². The number of halogens is 4. The summed E-state index contributed by atoms with van der Waals surface area (Å²) in [5.41, 5.74) is 1.36. The lowest BCUT2D eigenvalue weighted by Gasteiger charge is -2.14. The fraction of sp³-hybridized carbons (Fsp3) is 0.364. The van der Waals surface area contributed by atoms with Crippen molar-refractivity contribution in [1.29, 1.82) is 0 Å². The molecular weight excluding hydrogens is 520 g/mol. The number of hydrogen-bond acceptors (Lipinski definition) is 2. The van der Waals surface area contributed by atoms with E-state index in [1.807, 2.05) is 26.0 Å². The minimum atomic E-state index is -4.37. The lowest BCUT2D eigenvalue weighted by atomic mass is 10.1. The monoisotopic (exact) mass is 548 g/mol. The van der Waals surface area contributed by atoms with Crippen LogP contribution < -0.4 is 16.0 Å². The second kappa shape index (κ2) is 12.5. The van der Waals surface area contributed by atoms with Crippen molar-refractivity contribution in [3.8, 4) is 0 Å². The lowest BCUT2D eigenvalue weighted by Crippen LogP contribution is -2.36. The van der Waals surface area contributed by atoms with E-state index >= 15 is 0 Å². The summed E-state index contributed by atoms with van der Waals surface area (Å²) in [6.45, 7) is 4.62. The summed E-state index contributed by atoms with van der Waals surface area (Å²) < 4.78 is 38.5. The molecule has 2 aromatic rings. The van der Waals surface area contributed by atoms with E-state index in [-0.39, 0.29) is 42.5 Å². The highest BCUT2D eigenvalue weighted by Crippen LogP contribution is 2.29. The molecule has 2 aromatic carbocycles. The van der Waals surface area contributed by atoms with Crippen molar-refractivity contribution in [3.05, 3.63) is 70.8 Å². The molecule has 0 fully saturated rings. The molecule has 0 bridgehead atoms. The van der Waals surface area contributed by atoms with Gasteiger partial charge in [-0.3, -0.25) is 9.79 Å². The fourth-order valence-electron chi connectivity index (χ4n) is 2.63. The van der Waals surface area contributed by atoms with Gasteiger partial charge in [-0.2, -0.15) is 13.2 Å². The molecule has 1 unspecified atom stereocenters. The van der Waals surface area contributed by atoms with Gasteiger partial charge in [0.15, 0.2) is 5.96 Å².